The number of furan rings is 1. The van der Waals surface area contributed by atoms with Gasteiger partial charge in [0.2, 0.25) is 0 Å². The Bertz CT molecular complexity index is 590. The predicted molar refractivity (Wildman–Crippen MR) is 72.6 cm³/mol. The van der Waals surface area contributed by atoms with Crippen molar-refractivity contribution in [2.24, 2.45) is 5.10 Å². The summed E-state index contributed by atoms with van der Waals surface area (Å²) in [6, 6.07) is 10.8. The van der Waals surface area contributed by atoms with Crippen LogP contribution in [0.2, 0.25) is 0 Å². The van der Waals surface area contributed by atoms with Gasteiger partial charge in [0, 0.05) is 5.56 Å². The van der Waals surface area contributed by atoms with Crippen molar-refractivity contribution >= 4 is 28.1 Å². The number of aryl methyl sites for hydroxylation is 1. The van der Waals surface area contributed by atoms with Crippen molar-refractivity contribution < 1.29 is 9.21 Å². The van der Waals surface area contributed by atoms with E-state index in [2.05, 4.69) is 26.5 Å². The van der Waals surface area contributed by atoms with Crippen LogP contribution in [0.15, 0.2) is 50.6 Å². The first-order valence-corrected chi connectivity index (χ1v) is 6.10. The zero-order chi connectivity index (χ0) is 13.0. The van der Waals surface area contributed by atoms with Crippen LogP contribution < -0.4 is 5.43 Å². The normalized spacial score (nSPS) is 10.8. The van der Waals surface area contributed by atoms with Crippen molar-refractivity contribution in [3.8, 4) is 0 Å². The molecule has 0 unspecified atom stereocenters. The Morgan fingerprint density at radius 2 is 2.11 bits per heavy atom. The highest BCUT2D eigenvalue weighted by molar-refractivity contribution is 9.10. The molecule has 4 nitrogen and oxygen atoms in total. The monoisotopic (exact) mass is 306 g/mol. The van der Waals surface area contributed by atoms with Crippen LogP contribution in [0, 0.1) is 6.92 Å². The smallest absolute Gasteiger partial charge is 0.271 e. The molecule has 1 aromatic carbocycles. The highest BCUT2D eigenvalue weighted by Crippen LogP contribution is 2.12. The largest absolute Gasteiger partial charge is 0.448 e. The maximum Gasteiger partial charge on any atom is 0.271 e. The minimum Gasteiger partial charge on any atom is -0.448 e. The van der Waals surface area contributed by atoms with Gasteiger partial charge in [-0.3, -0.25) is 4.79 Å². The van der Waals surface area contributed by atoms with Crippen molar-refractivity contribution in [3.63, 3.8) is 0 Å². The first-order valence-electron chi connectivity index (χ1n) is 5.31. The van der Waals surface area contributed by atoms with Crippen LogP contribution in [0.1, 0.15) is 21.7 Å². The Labute approximate surface area is 113 Å². The van der Waals surface area contributed by atoms with Gasteiger partial charge in [-0.25, -0.2) is 5.43 Å². The quantitative estimate of drug-likeness (QED) is 0.699. The number of rotatable bonds is 3. The number of hydrogen-bond donors (Lipinski definition) is 1. The van der Waals surface area contributed by atoms with Crippen LogP contribution in [0.5, 0.6) is 0 Å². The van der Waals surface area contributed by atoms with Crippen molar-refractivity contribution in [1.82, 2.24) is 5.43 Å². The molecule has 1 amide bonds. The van der Waals surface area contributed by atoms with Gasteiger partial charge in [0.25, 0.3) is 5.91 Å². The number of hydrogen-bond acceptors (Lipinski definition) is 3. The molecule has 0 aliphatic heterocycles. The number of hydrazone groups is 1. The van der Waals surface area contributed by atoms with Crippen LogP contribution >= 0.6 is 15.9 Å². The van der Waals surface area contributed by atoms with Gasteiger partial charge < -0.3 is 4.42 Å². The minimum absolute atomic E-state index is 0.241. The summed E-state index contributed by atoms with van der Waals surface area (Å²) >= 11 is 3.18. The Morgan fingerprint density at radius 1 is 1.33 bits per heavy atom. The Morgan fingerprint density at radius 3 is 2.78 bits per heavy atom. The van der Waals surface area contributed by atoms with Gasteiger partial charge >= 0.3 is 0 Å². The fourth-order valence-electron chi connectivity index (χ4n) is 1.44. The lowest BCUT2D eigenvalue weighted by atomic mass is 10.1. The lowest BCUT2D eigenvalue weighted by Gasteiger charge is -2.02. The SMILES string of the molecule is Cc1ccccc1C(=O)N/N=C\c1ccc(Br)o1. The molecule has 0 aliphatic rings. The van der Waals surface area contributed by atoms with E-state index in [-0.39, 0.29) is 5.91 Å². The first-order chi connectivity index (χ1) is 8.66. The van der Waals surface area contributed by atoms with Crippen molar-refractivity contribution in [2.75, 3.05) is 0 Å². The molecule has 1 aromatic heterocycles. The van der Waals surface area contributed by atoms with Gasteiger partial charge in [-0.05, 0) is 46.6 Å². The molecular weight excluding hydrogens is 296 g/mol. The summed E-state index contributed by atoms with van der Waals surface area (Å²) in [5.41, 5.74) is 3.97. The summed E-state index contributed by atoms with van der Waals surface area (Å²) in [5.74, 6) is 0.321. The van der Waals surface area contributed by atoms with Crippen LogP contribution in [-0.2, 0) is 0 Å². The zero-order valence-electron chi connectivity index (χ0n) is 9.68. The summed E-state index contributed by atoms with van der Waals surface area (Å²) in [6.45, 7) is 1.88. The van der Waals surface area contributed by atoms with Crippen LogP contribution in [0.4, 0.5) is 0 Å². The number of halogens is 1. The number of carbonyl (C=O) groups is 1. The summed E-state index contributed by atoms with van der Waals surface area (Å²) in [6.07, 6.45) is 1.45. The summed E-state index contributed by atoms with van der Waals surface area (Å²) in [4.78, 5) is 11.8. The predicted octanol–water partition coefficient (Wildman–Crippen LogP) is 3.11. The first kappa shape index (κ1) is 12.6. The highest BCUT2D eigenvalue weighted by Gasteiger charge is 2.06. The molecule has 2 aromatic rings. The van der Waals surface area contributed by atoms with E-state index in [0.29, 0.717) is 16.0 Å². The van der Waals surface area contributed by atoms with Crippen LogP contribution in [0.3, 0.4) is 0 Å². The van der Waals surface area contributed by atoms with E-state index in [0.717, 1.165) is 5.56 Å². The molecule has 1 heterocycles. The number of amides is 1. The molecule has 1 N–H and O–H groups in total. The van der Waals surface area contributed by atoms with Gasteiger partial charge in [-0.1, -0.05) is 18.2 Å². The number of carbonyl (C=O) groups excluding carboxylic acids is 1. The van der Waals surface area contributed by atoms with Gasteiger partial charge in [-0.2, -0.15) is 5.10 Å². The van der Waals surface area contributed by atoms with Gasteiger partial charge in [0.1, 0.15) is 5.76 Å². The molecule has 0 atom stereocenters. The van der Waals surface area contributed by atoms with Gasteiger partial charge in [-0.15, -0.1) is 0 Å². The lowest BCUT2D eigenvalue weighted by molar-refractivity contribution is 0.0954. The van der Waals surface area contributed by atoms with Crippen LogP contribution in [-0.4, -0.2) is 12.1 Å². The number of benzene rings is 1. The van der Waals surface area contributed by atoms with Crippen molar-refractivity contribution in [2.45, 2.75) is 6.92 Å². The van der Waals surface area contributed by atoms with E-state index >= 15 is 0 Å². The molecule has 0 bridgehead atoms. The Balaban J connectivity index is 2.01. The average Bonchev–Trinajstić information content (AvgIpc) is 2.75. The maximum atomic E-state index is 11.8. The third-order valence-corrected chi connectivity index (χ3v) is 2.77. The highest BCUT2D eigenvalue weighted by atomic mass is 79.9. The van der Waals surface area contributed by atoms with Gasteiger partial charge in [0.05, 0.1) is 6.21 Å². The van der Waals surface area contributed by atoms with E-state index in [1.165, 1.54) is 6.21 Å². The molecule has 0 aliphatic carbocycles. The van der Waals surface area contributed by atoms with E-state index in [9.17, 15) is 4.79 Å². The lowest BCUT2D eigenvalue weighted by Crippen LogP contribution is -2.18. The zero-order valence-corrected chi connectivity index (χ0v) is 11.3. The molecule has 0 saturated heterocycles. The van der Waals surface area contributed by atoms with Crippen LogP contribution in [0.25, 0.3) is 0 Å². The van der Waals surface area contributed by atoms with E-state index < -0.39 is 0 Å². The second kappa shape index (κ2) is 5.64. The Hall–Kier alpha value is -1.88. The molecule has 0 spiro atoms. The second-order valence-corrected chi connectivity index (χ2v) is 4.44. The van der Waals surface area contributed by atoms with Crippen molar-refractivity contribution in [1.29, 1.82) is 0 Å². The van der Waals surface area contributed by atoms with E-state index in [1.807, 2.05) is 25.1 Å². The summed E-state index contributed by atoms with van der Waals surface area (Å²) in [7, 11) is 0. The maximum absolute atomic E-state index is 11.8. The molecule has 0 saturated carbocycles. The van der Waals surface area contributed by atoms with E-state index in [1.54, 1.807) is 18.2 Å². The molecule has 2 rings (SSSR count). The summed E-state index contributed by atoms with van der Waals surface area (Å²) in [5, 5.41) is 3.83. The third kappa shape index (κ3) is 3.07. The Kier molecular flexibility index (Phi) is 3.94. The van der Waals surface area contributed by atoms with Gasteiger partial charge in [0.15, 0.2) is 4.67 Å². The molecule has 0 fully saturated rings. The molecule has 0 radical (unpaired) electrons. The average molecular weight is 307 g/mol. The second-order valence-electron chi connectivity index (χ2n) is 3.66. The molecule has 92 valence electrons. The van der Waals surface area contributed by atoms with Crippen molar-refractivity contribution in [3.05, 3.63) is 58.0 Å². The third-order valence-electron chi connectivity index (χ3n) is 2.34. The standard InChI is InChI=1S/C13H11BrN2O2/c1-9-4-2-3-5-11(9)13(17)16-15-8-10-6-7-12(14)18-10/h2-8H,1H3,(H,16,17)/b15-8-. The number of nitrogens with zero attached hydrogens (tertiary/aromatic N) is 1. The topological polar surface area (TPSA) is 54.6 Å². The molecule has 5 heteroatoms. The minimum atomic E-state index is -0.241. The summed E-state index contributed by atoms with van der Waals surface area (Å²) < 4.78 is 5.83. The fourth-order valence-corrected chi connectivity index (χ4v) is 1.76. The molecular formula is C13H11BrN2O2. The van der Waals surface area contributed by atoms with E-state index in [4.69, 9.17) is 4.42 Å². The number of nitrogens with one attached hydrogen (secondary N) is 1. The fraction of sp³-hybridized carbons (Fsp3) is 0.0769. The molecule has 18 heavy (non-hydrogen) atoms.